The zero-order valence-corrected chi connectivity index (χ0v) is 17.0. The summed E-state index contributed by atoms with van der Waals surface area (Å²) < 4.78 is 0. The Bertz CT molecular complexity index is 827. The summed E-state index contributed by atoms with van der Waals surface area (Å²) in [5, 5.41) is 4.47. The fraction of sp³-hybridized carbons (Fsp3) is 0.650. The molecule has 7 heteroatoms. The van der Waals surface area contributed by atoms with Crippen molar-refractivity contribution in [1.82, 2.24) is 15.3 Å². The van der Waals surface area contributed by atoms with Crippen molar-refractivity contribution in [3.05, 3.63) is 16.8 Å². The molecule has 4 rings (SSSR count). The molecule has 1 amide bonds. The Morgan fingerprint density at radius 1 is 1.26 bits per heavy atom. The number of amides is 1. The smallest absolute Gasteiger partial charge is 0.223 e. The number of fused-ring (bicyclic) bond motifs is 1. The second kappa shape index (κ2) is 7.72. The number of nitrogens with two attached hydrogens (primary N) is 1. The lowest BCUT2D eigenvalue weighted by Crippen LogP contribution is -2.46. The van der Waals surface area contributed by atoms with Gasteiger partial charge in [-0.1, -0.05) is 6.42 Å². The van der Waals surface area contributed by atoms with Crippen molar-refractivity contribution in [3.63, 3.8) is 0 Å². The standard InChI is InChI=1S/C20H29N5OS/c1-12-13(2)27-20-17(12)18(22-11-23-20)25-8-6-14(7-9-25)19(26)24-16-5-3-4-15(16)10-21/h11,14-16H,3-10,21H2,1-2H3,(H,24,26). The van der Waals surface area contributed by atoms with E-state index >= 15 is 0 Å². The summed E-state index contributed by atoms with van der Waals surface area (Å²) in [6.07, 6.45) is 6.80. The van der Waals surface area contributed by atoms with Crippen LogP contribution in [0.4, 0.5) is 5.82 Å². The van der Waals surface area contributed by atoms with Gasteiger partial charge >= 0.3 is 0 Å². The number of nitrogens with one attached hydrogen (secondary N) is 1. The van der Waals surface area contributed by atoms with Crippen LogP contribution in [0.15, 0.2) is 6.33 Å². The number of carbonyl (C=O) groups excluding carboxylic acids is 1. The van der Waals surface area contributed by atoms with Gasteiger partial charge in [-0.2, -0.15) is 0 Å². The van der Waals surface area contributed by atoms with Crippen LogP contribution in [0.2, 0.25) is 0 Å². The molecular weight excluding hydrogens is 358 g/mol. The van der Waals surface area contributed by atoms with Gasteiger partial charge in [-0.05, 0) is 57.6 Å². The van der Waals surface area contributed by atoms with E-state index < -0.39 is 0 Å². The van der Waals surface area contributed by atoms with Gasteiger partial charge in [0.2, 0.25) is 5.91 Å². The van der Waals surface area contributed by atoms with Crippen molar-refractivity contribution in [2.45, 2.75) is 52.0 Å². The normalized spacial score (nSPS) is 23.9. The molecule has 0 radical (unpaired) electrons. The van der Waals surface area contributed by atoms with Gasteiger partial charge in [0.25, 0.3) is 0 Å². The fourth-order valence-corrected chi connectivity index (χ4v) is 5.56. The Hall–Kier alpha value is -1.73. The van der Waals surface area contributed by atoms with Crippen molar-refractivity contribution in [2.24, 2.45) is 17.6 Å². The number of thiophene rings is 1. The molecular formula is C20H29N5OS. The summed E-state index contributed by atoms with van der Waals surface area (Å²) >= 11 is 1.73. The number of piperidine rings is 1. The molecule has 6 nitrogen and oxygen atoms in total. The van der Waals surface area contributed by atoms with E-state index in [2.05, 4.69) is 34.0 Å². The predicted octanol–water partition coefficient (Wildman–Crippen LogP) is 2.77. The van der Waals surface area contributed by atoms with Crippen molar-refractivity contribution in [2.75, 3.05) is 24.5 Å². The van der Waals surface area contributed by atoms with Gasteiger partial charge in [0.15, 0.2) is 0 Å². The SMILES string of the molecule is Cc1sc2ncnc(N3CCC(C(=O)NC4CCCC4CN)CC3)c2c1C. The minimum absolute atomic E-state index is 0.0999. The highest BCUT2D eigenvalue weighted by Gasteiger charge is 2.32. The molecule has 2 atom stereocenters. The van der Waals surface area contributed by atoms with E-state index in [0.29, 0.717) is 12.5 Å². The first-order chi connectivity index (χ1) is 13.1. The Labute approximate surface area is 164 Å². The van der Waals surface area contributed by atoms with Gasteiger partial charge in [-0.15, -0.1) is 11.3 Å². The Morgan fingerprint density at radius 2 is 2.04 bits per heavy atom. The molecule has 146 valence electrons. The third-order valence-corrected chi connectivity index (χ3v) is 7.52. The molecule has 3 heterocycles. The third-order valence-electron chi connectivity index (χ3n) is 6.40. The highest BCUT2D eigenvalue weighted by atomic mass is 32.1. The Balaban J connectivity index is 1.41. The highest BCUT2D eigenvalue weighted by Crippen LogP contribution is 2.35. The molecule has 2 aliphatic rings. The van der Waals surface area contributed by atoms with Gasteiger partial charge < -0.3 is 16.0 Å². The molecule has 2 fully saturated rings. The summed E-state index contributed by atoms with van der Waals surface area (Å²) in [4.78, 5) is 26.4. The van der Waals surface area contributed by atoms with E-state index in [0.717, 1.165) is 49.4 Å². The Kier molecular flexibility index (Phi) is 5.32. The lowest BCUT2D eigenvalue weighted by atomic mass is 9.94. The van der Waals surface area contributed by atoms with Gasteiger partial charge in [0, 0.05) is 29.9 Å². The quantitative estimate of drug-likeness (QED) is 0.843. The molecule has 2 aromatic heterocycles. The number of aryl methyl sites for hydroxylation is 2. The fourth-order valence-electron chi connectivity index (χ4n) is 4.57. The van der Waals surface area contributed by atoms with E-state index in [1.807, 2.05) is 0 Å². The number of aromatic nitrogens is 2. The number of hydrogen-bond donors (Lipinski definition) is 2. The van der Waals surface area contributed by atoms with Crippen molar-refractivity contribution >= 4 is 33.3 Å². The van der Waals surface area contributed by atoms with E-state index in [1.54, 1.807) is 17.7 Å². The van der Waals surface area contributed by atoms with Crippen molar-refractivity contribution < 1.29 is 4.79 Å². The second-order valence-electron chi connectivity index (χ2n) is 7.96. The number of nitrogens with zero attached hydrogens (tertiary/aromatic N) is 3. The van der Waals surface area contributed by atoms with E-state index in [-0.39, 0.29) is 17.9 Å². The molecule has 27 heavy (non-hydrogen) atoms. The van der Waals surface area contributed by atoms with Crippen molar-refractivity contribution in [3.8, 4) is 0 Å². The maximum atomic E-state index is 12.7. The van der Waals surface area contributed by atoms with Gasteiger partial charge in [-0.3, -0.25) is 4.79 Å². The van der Waals surface area contributed by atoms with Crippen LogP contribution in [0.5, 0.6) is 0 Å². The van der Waals surface area contributed by atoms with E-state index in [9.17, 15) is 4.79 Å². The minimum Gasteiger partial charge on any atom is -0.356 e. The molecule has 0 aromatic carbocycles. The average molecular weight is 388 g/mol. The topological polar surface area (TPSA) is 84.1 Å². The summed E-state index contributed by atoms with van der Waals surface area (Å²) in [5.41, 5.74) is 7.13. The van der Waals surface area contributed by atoms with Crippen LogP contribution in [0.1, 0.15) is 42.5 Å². The maximum absolute atomic E-state index is 12.7. The second-order valence-corrected chi connectivity index (χ2v) is 9.17. The molecule has 1 saturated carbocycles. The van der Waals surface area contributed by atoms with Gasteiger partial charge in [-0.25, -0.2) is 9.97 Å². The molecule has 1 aliphatic carbocycles. The number of hydrogen-bond acceptors (Lipinski definition) is 6. The number of rotatable bonds is 4. The summed E-state index contributed by atoms with van der Waals surface area (Å²) in [6, 6.07) is 0.276. The molecule has 2 unspecified atom stereocenters. The summed E-state index contributed by atoms with van der Waals surface area (Å²) in [7, 11) is 0. The molecule has 3 N–H and O–H groups in total. The monoisotopic (exact) mass is 387 g/mol. The van der Waals surface area contributed by atoms with Crippen LogP contribution in [0, 0.1) is 25.7 Å². The molecule has 0 bridgehead atoms. The van der Waals surface area contributed by atoms with Crippen LogP contribution in [0.3, 0.4) is 0 Å². The van der Waals surface area contributed by atoms with Crippen LogP contribution in [0.25, 0.3) is 10.2 Å². The number of carbonyl (C=O) groups is 1. The number of anilines is 1. The van der Waals surface area contributed by atoms with E-state index in [4.69, 9.17) is 5.73 Å². The lowest BCUT2D eigenvalue weighted by molar-refractivity contribution is -0.126. The summed E-state index contributed by atoms with van der Waals surface area (Å²) in [5.74, 6) is 1.80. The van der Waals surface area contributed by atoms with Crippen LogP contribution in [-0.2, 0) is 4.79 Å². The first kappa shape index (κ1) is 18.6. The third kappa shape index (κ3) is 3.55. The average Bonchev–Trinajstić information content (AvgIpc) is 3.25. The van der Waals surface area contributed by atoms with E-state index in [1.165, 1.54) is 22.2 Å². The summed E-state index contributed by atoms with van der Waals surface area (Å²) in [6.45, 7) is 6.69. The first-order valence-electron chi connectivity index (χ1n) is 10.0. The van der Waals surface area contributed by atoms with Crippen LogP contribution in [-0.4, -0.2) is 41.6 Å². The maximum Gasteiger partial charge on any atom is 0.223 e. The van der Waals surface area contributed by atoms with Crippen LogP contribution < -0.4 is 16.0 Å². The van der Waals surface area contributed by atoms with Gasteiger partial charge in [0.1, 0.15) is 17.0 Å². The first-order valence-corrected chi connectivity index (χ1v) is 10.9. The molecule has 1 saturated heterocycles. The van der Waals surface area contributed by atoms with Gasteiger partial charge in [0.05, 0.1) is 5.39 Å². The van der Waals surface area contributed by atoms with Crippen molar-refractivity contribution in [1.29, 1.82) is 0 Å². The molecule has 0 spiro atoms. The lowest BCUT2D eigenvalue weighted by Gasteiger charge is -2.33. The zero-order valence-electron chi connectivity index (χ0n) is 16.2. The largest absolute Gasteiger partial charge is 0.356 e. The minimum atomic E-state index is 0.0999. The zero-order chi connectivity index (χ0) is 19.0. The predicted molar refractivity (Wildman–Crippen MR) is 110 cm³/mol. The highest BCUT2D eigenvalue weighted by molar-refractivity contribution is 7.18. The molecule has 1 aliphatic heterocycles. The van der Waals surface area contributed by atoms with Crippen LogP contribution >= 0.6 is 11.3 Å². The molecule has 2 aromatic rings. The Morgan fingerprint density at radius 3 is 2.78 bits per heavy atom.